The molecule has 1 heterocycles. The molecule has 0 bridgehead atoms. The van der Waals surface area contributed by atoms with E-state index in [1.807, 2.05) is 0 Å². The molecule has 4 aromatic rings. The number of carbonyl (C=O) groups excluding carboxylic acids is 1. The molecule has 0 aliphatic carbocycles. The predicted octanol–water partition coefficient (Wildman–Crippen LogP) is 5.37. The Kier molecular flexibility index (Phi) is 7.30. The van der Waals surface area contributed by atoms with Crippen molar-refractivity contribution in [3.05, 3.63) is 89.7 Å². The number of hydrogen-bond acceptors (Lipinski definition) is 5. The first kappa shape index (κ1) is 24.9. The van der Waals surface area contributed by atoms with Gasteiger partial charge in [0, 0.05) is 18.4 Å². The van der Waals surface area contributed by atoms with Gasteiger partial charge in [-0.2, -0.15) is 18.2 Å². The highest BCUT2D eigenvalue weighted by Crippen LogP contribution is 2.31. The quantitative estimate of drug-likeness (QED) is 0.260. The summed E-state index contributed by atoms with van der Waals surface area (Å²) < 4.78 is 64.7. The molecule has 0 atom stereocenters. The number of halogens is 4. The summed E-state index contributed by atoms with van der Waals surface area (Å²) in [7, 11) is 1.51. The van der Waals surface area contributed by atoms with Crippen LogP contribution in [0.1, 0.15) is 15.9 Å². The van der Waals surface area contributed by atoms with E-state index < -0.39 is 23.5 Å². The number of rotatable bonds is 8. The molecule has 0 saturated heterocycles. The van der Waals surface area contributed by atoms with E-state index in [9.17, 15) is 22.4 Å². The fourth-order valence-corrected chi connectivity index (χ4v) is 3.28. The minimum Gasteiger partial charge on any atom is -0.460 e. The van der Waals surface area contributed by atoms with E-state index >= 15 is 0 Å². The van der Waals surface area contributed by atoms with Crippen LogP contribution in [0.5, 0.6) is 6.01 Å². The Balaban J connectivity index is 1.62. The van der Waals surface area contributed by atoms with E-state index in [0.717, 1.165) is 12.1 Å². The number of amides is 1. The summed E-state index contributed by atoms with van der Waals surface area (Å²) in [6.45, 7) is 0.467. The lowest BCUT2D eigenvalue weighted by atomic mass is 10.1. The van der Waals surface area contributed by atoms with Crippen LogP contribution < -0.4 is 10.1 Å². The summed E-state index contributed by atoms with van der Waals surface area (Å²) >= 11 is 0. The third-order valence-electron chi connectivity index (χ3n) is 5.06. The number of ether oxygens (including phenoxy) is 2. The second-order valence-electron chi connectivity index (χ2n) is 7.53. The molecule has 1 aromatic heterocycles. The molecule has 3 aromatic carbocycles. The van der Waals surface area contributed by atoms with Gasteiger partial charge in [-0.3, -0.25) is 4.79 Å². The highest BCUT2D eigenvalue weighted by atomic mass is 19.4. The third kappa shape index (κ3) is 5.69. The number of anilines is 1. The third-order valence-corrected chi connectivity index (χ3v) is 5.06. The summed E-state index contributed by atoms with van der Waals surface area (Å²) in [5, 5.41) is 6.93. The smallest absolute Gasteiger partial charge is 0.416 e. The molecule has 36 heavy (non-hydrogen) atoms. The van der Waals surface area contributed by atoms with E-state index in [1.165, 1.54) is 42.1 Å². The monoisotopic (exact) mass is 500 g/mol. The van der Waals surface area contributed by atoms with Crippen molar-refractivity contribution in [1.82, 2.24) is 14.8 Å². The molecular weight excluding hydrogens is 480 g/mol. The molecule has 0 spiro atoms. The number of alkyl halides is 3. The molecule has 7 nitrogen and oxygen atoms in total. The first-order valence-electron chi connectivity index (χ1n) is 10.7. The second kappa shape index (κ2) is 10.6. The van der Waals surface area contributed by atoms with E-state index in [1.54, 1.807) is 30.3 Å². The van der Waals surface area contributed by atoms with Crippen molar-refractivity contribution in [2.75, 3.05) is 25.6 Å². The van der Waals surface area contributed by atoms with Gasteiger partial charge in [0.2, 0.25) is 0 Å². The van der Waals surface area contributed by atoms with E-state index in [2.05, 4.69) is 15.4 Å². The van der Waals surface area contributed by atoms with E-state index in [0.29, 0.717) is 23.5 Å². The Labute approximate surface area is 203 Å². The second-order valence-corrected chi connectivity index (χ2v) is 7.53. The molecule has 4 rings (SSSR count). The van der Waals surface area contributed by atoms with Crippen LogP contribution >= 0.6 is 0 Å². The van der Waals surface area contributed by atoms with E-state index in [4.69, 9.17) is 9.47 Å². The Bertz CT molecular complexity index is 1340. The molecule has 0 aliphatic rings. The normalized spacial score (nSPS) is 11.4. The highest BCUT2D eigenvalue weighted by molar-refractivity contribution is 6.04. The molecule has 0 radical (unpaired) electrons. The van der Waals surface area contributed by atoms with Crippen molar-refractivity contribution in [1.29, 1.82) is 0 Å². The average Bonchev–Trinajstić information content (AvgIpc) is 3.28. The molecular formula is C25H20F4N4O3. The van der Waals surface area contributed by atoms with Gasteiger partial charge in [-0.1, -0.05) is 24.3 Å². The molecule has 11 heteroatoms. The lowest BCUT2D eigenvalue weighted by molar-refractivity contribution is -0.137. The number of nitrogens with zero attached hydrogens (tertiary/aromatic N) is 3. The van der Waals surface area contributed by atoms with Gasteiger partial charge >= 0.3 is 12.2 Å². The van der Waals surface area contributed by atoms with Gasteiger partial charge in [0.1, 0.15) is 12.4 Å². The summed E-state index contributed by atoms with van der Waals surface area (Å²) in [5.74, 6) is -1.00. The minimum atomic E-state index is -4.47. The van der Waals surface area contributed by atoms with Gasteiger partial charge in [0.15, 0.2) is 5.82 Å². The fraction of sp³-hybridized carbons (Fsp3) is 0.160. The van der Waals surface area contributed by atoms with Crippen molar-refractivity contribution >= 4 is 11.6 Å². The van der Waals surface area contributed by atoms with Crippen LogP contribution in [-0.2, 0) is 10.9 Å². The molecule has 0 saturated carbocycles. The van der Waals surface area contributed by atoms with Gasteiger partial charge in [0.25, 0.3) is 5.91 Å². The van der Waals surface area contributed by atoms with Crippen LogP contribution in [-0.4, -0.2) is 41.0 Å². The lowest BCUT2D eigenvalue weighted by Crippen LogP contribution is -2.13. The Morgan fingerprint density at radius 2 is 1.67 bits per heavy atom. The van der Waals surface area contributed by atoms with Crippen LogP contribution in [0.2, 0.25) is 0 Å². The number of aromatic nitrogens is 3. The highest BCUT2D eigenvalue weighted by Gasteiger charge is 2.30. The zero-order chi connectivity index (χ0) is 25.7. The minimum absolute atomic E-state index is 0.0129. The number of hydrogen-bond donors (Lipinski definition) is 1. The molecule has 1 amide bonds. The number of benzene rings is 3. The van der Waals surface area contributed by atoms with Crippen LogP contribution in [0.15, 0.2) is 72.8 Å². The lowest BCUT2D eigenvalue weighted by Gasteiger charge is -2.10. The van der Waals surface area contributed by atoms with Gasteiger partial charge in [-0.05, 0) is 48.5 Å². The Hall–Kier alpha value is -4.25. The Morgan fingerprint density at radius 3 is 2.31 bits per heavy atom. The van der Waals surface area contributed by atoms with Crippen molar-refractivity contribution in [3.63, 3.8) is 0 Å². The van der Waals surface area contributed by atoms with Gasteiger partial charge in [-0.25, -0.2) is 9.07 Å². The maximum Gasteiger partial charge on any atom is 0.416 e. The van der Waals surface area contributed by atoms with Gasteiger partial charge in [0.05, 0.1) is 23.4 Å². The largest absolute Gasteiger partial charge is 0.460 e. The standard InChI is InChI=1S/C25H20F4N4O3/c1-35-14-15-36-24-31-22(16-6-8-17(9-7-16)25(27,28)29)33(32-24)19-12-10-18(11-13-19)30-23(34)20-4-2-3-5-21(20)26/h2-13H,14-15H2,1H3,(H,30,34). The topological polar surface area (TPSA) is 78.3 Å². The predicted molar refractivity (Wildman–Crippen MR) is 124 cm³/mol. The summed E-state index contributed by atoms with van der Waals surface area (Å²) in [5.41, 5.74) is 0.404. The molecule has 0 fully saturated rings. The molecule has 0 unspecified atom stereocenters. The summed E-state index contributed by atoms with van der Waals surface area (Å²) in [6.07, 6.45) is -4.47. The van der Waals surface area contributed by atoms with Crippen LogP contribution in [0.25, 0.3) is 17.1 Å². The summed E-state index contributed by atoms with van der Waals surface area (Å²) in [4.78, 5) is 16.7. The zero-order valence-electron chi connectivity index (χ0n) is 18.9. The summed E-state index contributed by atoms with van der Waals surface area (Å²) in [6, 6.07) is 16.5. The number of nitrogens with one attached hydrogen (secondary N) is 1. The van der Waals surface area contributed by atoms with Crippen LogP contribution in [0.3, 0.4) is 0 Å². The maximum atomic E-state index is 13.9. The van der Waals surface area contributed by atoms with Gasteiger partial charge in [-0.15, -0.1) is 5.10 Å². The van der Waals surface area contributed by atoms with Crippen molar-refractivity contribution < 1.29 is 31.8 Å². The molecule has 186 valence electrons. The van der Waals surface area contributed by atoms with E-state index in [-0.39, 0.29) is 24.0 Å². The Morgan fingerprint density at radius 1 is 0.972 bits per heavy atom. The first-order valence-corrected chi connectivity index (χ1v) is 10.7. The van der Waals surface area contributed by atoms with Gasteiger partial charge < -0.3 is 14.8 Å². The van der Waals surface area contributed by atoms with Crippen molar-refractivity contribution in [2.24, 2.45) is 0 Å². The molecule has 1 N–H and O–H groups in total. The van der Waals surface area contributed by atoms with Crippen LogP contribution in [0.4, 0.5) is 23.2 Å². The average molecular weight is 500 g/mol. The first-order chi connectivity index (χ1) is 17.3. The zero-order valence-corrected chi connectivity index (χ0v) is 18.9. The maximum absolute atomic E-state index is 13.9. The fourth-order valence-electron chi connectivity index (χ4n) is 3.28. The van der Waals surface area contributed by atoms with Crippen molar-refractivity contribution in [2.45, 2.75) is 6.18 Å². The molecule has 0 aliphatic heterocycles. The number of methoxy groups -OCH3 is 1. The SMILES string of the molecule is COCCOc1nc(-c2ccc(C(F)(F)F)cc2)n(-c2ccc(NC(=O)c3ccccc3F)cc2)n1. The number of carbonyl (C=O) groups is 1. The van der Waals surface area contributed by atoms with Crippen LogP contribution in [0, 0.1) is 5.82 Å². The van der Waals surface area contributed by atoms with Crippen molar-refractivity contribution in [3.8, 4) is 23.1 Å².